The minimum atomic E-state index is -0.0143. The third-order valence-electron chi connectivity index (χ3n) is 3.05. The van der Waals surface area contributed by atoms with Crippen molar-refractivity contribution in [1.82, 2.24) is 5.32 Å². The van der Waals surface area contributed by atoms with Gasteiger partial charge in [-0.3, -0.25) is 0 Å². The van der Waals surface area contributed by atoms with Crippen LogP contribution < -0.4 is 10.6 Å². The van der Waals surface area contributed by atoms with Crippen LogP contribution in [-0.2, 0) is 0 Å². The van der Waals surface area contributed by atoms with Crippen molar-refractivity contribution in [2.75, 3.05) is 5.32 Å². The van der Waals surface area contributed by atoms with Crippen LogP contribution in [0.1, 0.15) is 24.1 Å². The summed E-state index contributed by atoms with van der Waals surface area (Å²) in [5.41, 5.74) is 3.09. The molecule has 0 aliphatic heterocycles. The molecule has 0 aliphatic carbocycles. The van der Waals surface area contributed by atoms with E-state index in [0.717, 1.165) is 11.3 Å². The lowest BCUT2D eigenvalue weighted by molar-refractivity contribution is 0.723. The van der Waals surface area contributed by atoms with E-state index in [2.05, 4.69) is 10.6 Å². The maximum absolute atomic E-state index is 6.20. The van der Waals surface area contributed by atoms with E-state index in [-0.39, 0.29) is 6.04 Å². The van der Waals surface area contributed by atoms with Gasteiger partial charge in [0.1, 0.15) is 0 Å². The zero-order valence-electron chi connectivity index (χ0n) is 11.8. The first kappa shape index (κ1) is 16.1. The van der Waals surface area contributed by atoms with Crippen LogP contribution in [-0.4, -0.2) is 5.11 Å². The smallest absolute Gasteiger partial charge is 0.171 e. The van der Waals surface area contributed by atoms with Gasteiger partial charge in [-0.25, -0.2) is 0 Å². The molecule has 0 radical (unpaired) electrons. The van der Waals surface area contributed by atoms with E-state index in [1.165, 1.54) is 5.56 Å². The normalized spacial score (nSPS) is 11.8. The predicted molar refractivity (Wildman–Crippen MR) is 95.4 cm³/mol. The minimum absolute atomic E-state index is 0.0143. The number of halogens is 2. The number of anilines is 1. The summed E-state index contributed by atoms with van der Waals surface area (Å²) in [6.45, 7) is 4.04. The van der Waals surface area contributed by atoms with E-state index < -0.39 is 0 Å². The Bertz CT molecular complexity index is 658. The van der Waals surface area contributed by atoms with Gasteiger partial charge >= 0.3 is 0 Å². The van der Waals surface area contributed by atoms with Crippen molar-refractivity contribution < 1.29 is 0 Å². The molecular formula is C16H16Cl2N2S. The Labute approximate surface area is 140 Å². The Morgan fingerprint density at radius 3 is 2.57 bits per heavy atom. The molecule has 0 amide bonds. The summed E-state index contributed by atoms with van der Waals surface area (Å²) in [7, 11) is 0. The molecule has 0 saturated heterocycles. The van der Waals surface area contributed by atoms with Gasteiger partial charge in [-0.2, -0.15) is 0 Å². The zero-order chi connectivity index (χ0) is 15.4. The lowest BCUT2D eigenvalue weighted by Crippen LogP contribution is -2.31. The molecule has 1 atom stereocenters. The average Bonchev–Trinajstić information content (AvgIpc) is 2.38. The molecule has 21 heavy (non-hydrogen) atoms. The van der Waals surface area contributed by atoms with Gasteiger partial charge in [-0.05, 0) is 61.5 Å². The number of hydrogen-bond acceptors (Lipinski definition) is 1. The number of thiocarbonyl (C=S) groups is 1. The van der Waals surface area contributed by atoms with Gasteiger partial charge in [0.2, 0.25) is 0 Å². The van der Waals surface area contributed by atoms with Crippen molar-refractivity contribution in [2.45, 2.75) is 19.9 Å². The van der Waals surface area contributed by atoms with Crippen LogP contribution in [0.2, 0.25) is 10.0 Å². The molecule has 2 aromatic carbocycles. The second-order valence-corrected chi connectivity index (χ2v) is 6.11. The van der Waals surface area contributed by atoms with Crippen LogP contribution in [0.5, 0.6) is 0 Å². The highest BCUT2D eigenvalue weighted by molar-refractivity contribution is 7.80. The van der Waals surface area contributed by atoms with Gasteiger partial charge < -0.3 is 10.6 Å². The summed E-state index contributed by atoms with van der Waals surface area (Å²) in [6.07, 6.45) is 0. The molecule has 0 unspecified atom stereocenters. The Hall–Kier alpha value is -1.29. The molecule has 0 bridgehead atoms. The molecule has 2 aromatic rings. The fourth-order valence-electron chi connectivity index (χ4n) is 2.02. The van der Waals surface area contributed by atoms with Crippen LogP contribution >= 0.6 is 35.4 Å². The summed E-state index contributed by atoms with van der Waals surface area (Å²) in [4.78, 5) is 0. The van der Waals surface area contributed by atoms with E-state index in [0.29, 0.717) is 15.2 Å². The highest BCUT2D eigenvalue weighted by Gasteiger charge is 2.11. The van der Waals surface area contributed by atoms with Gasteiger partial charge in [-0.15, -0.1) is 0 Å². The molecule has 2 nitrogen and oxygen atoms in total. The molecule has 5 heteroatoms. The minimum Gasteiger partial charge on any atom is -0.356 e. The first-order valence-electron chi connectivity index (χ1n) is 6.55. The van der Waals surface area contributed by atoms with Gasteiger partial charge in [0.05, 0.1) is 6.04 Å². The first-order chi connectivity index (χ1) is 9.95. The molecule has 0 aromatic heterocycles. The van der Waals surface area contributed by atoms with E-state index in [1.807, 2.05) is 50.2 Å². The summed E-state index contributed by atoms with van der Waals surface area (Å²) in [5, 5.41) is 8.18. The standard InChI is InChI=1S/C16H16Cl2N2S/c1-10-4-3-5-13(8-10)20-16(21)19-11(2)14-7-6-12(17)9-15(14)18/h3-9,11H,1-2H3,(H2,19,20,21)/t11-/m0/s1. The van der Waals surface area contributed by atoms with Crippen LogP contribution in [0.25, 0.3) is 0 Å². The lowest BCUT2D eigenvalue weighted by Gasteiger charge is -2.18. The number of benzene rings is 2. The van der Waals surface area contributed by atoms with Gasteiger partial charge in [-0.1, -0.05) is 41.4 Å². The van der Waals surface area contributed by atoms with Crippen molar-refractivity contribution in [1.29, 1.82) is 0 Å². The molecule has 0 fully saturated rings. The SMILES string of the molecule is Cc1cccc(NC(=S)N[C@@H](C)c2ccc(Cl)cc2Cl)c1. The second kappa shape index (κ2) is 7.12. The summed E-state index contributed by atoms with van der Waals surface area (Å²) in [6, 6.07) is 13.5. The van der Waals surface area contributed by atoms with E-state index >= 15 is 0 Å². The molecule has 2 N–H and O–H groups in total. The average molecular weight is 339 g/mol. The highest BCUT2D eigenvalue weighted by Crippen LogP contribution is 2.26. The summed E-state index contributed by atoms with van der Waals surface area (Å²) >= 11 is 17.4. The third kappa shape index (κ3) is 4.60. The number of rotatable bonds is 3. The topological polar surface area (TPSA) is 24.1 Å². The quantitative estimate of drug-likeness (QED) is 0.737. The molecular weight excluding hydrogens is 323 g/mol. The van der Waals surface area contributed by atoms with E-state index in [4.69, 9.17) is 35.4 Å². The Balaban J connectivity index is 2.02. The largest absolute Gasteiger partial charge is 0.356 e. The Morgan fingerprint density at radius 2 is 1.90 bits per heavy atom. The predicted octanol–water partition coefficient (Wildman–Crippen LogP) is 5.35. The van der Waals surface area contributed by atoms with Crippen LogP contribution in [0.15, 0.2) is 42.5 Å². The van der Waals surface area contributed by atoms with E-state index in [1.54, 1.807) is 6.07 Å². The van der Waals surface area contributed by atoms with Gasteiger partial charge in [0, 0.05) is 15.7 Å². The summed E-state index contributed by atoms with van der Waals surface area (Å²) in [5.74, 6) is 0. The lowest BCUT2D eigenvalue weighted by atomic mass is 10.1. The Morgan fingerprint density at radius 1 is 1.14 bits per heavy atom. The van der Waals surface area contributed by atoms with Gasteiger partial charge in [0.25, 0.3) is 0 Å². The second-order valence-electron chi connectivity index (χ2n) is 4.86. The number of nitrogens with one attached hydrogen (secondary N) is 2. The number of hydrogen-bond donors (Lipinski definition) is 2. The molecule has 0 spiro atoms. The molecule has 0 saturated carbocycles. The monoisotopic (exact) mass is 338 g/mol. The van der Waals surface area contributed by atoms with Crippen molar-refractivity contribution >= 4 is 46.2 Å². The van der Waals surface area contributed by atoms with Crippen LogP contribution in [0.4, 0.5) is 5.69 Å². The summed E-state index contributed by atoms with van der Waals surface area (Å²) < 4.78 is 0. The highest BCUT2D eigenvalue weighted by atomic mass is 35.5. The maximum Gasteiger partial charge on any atom is 0.171 e. The first-order valence-corrected chi connectivity index (χ1v) is 7.71. The van der Waals surface area contributed by atoms with E-state index in [9.17, 15) is 0 Å². The third-order valence-corrected chi connectivity index (χ3v) is 3.83. The number of aryl methyl sites for hydroxylation is 1. The van der Waals surface area contributed by atoms with Crippen molar-refractivity contribution in [3.8, 4) is 0 Å². The molecule has 0 aliphatic rings. The fraction of sp³-hybridized carbons (Fsp3) is 0.188. The fourth-order valence-corrected chi connectivity index (χ4v) is 2.88. The molecule has 110 valence electrons. The van der Waals surface area contributed by atoms with Crippen molar-refractivity contribution in [2.24, 2.45) is 0 Å². The van der Waals surface area contributed by atoms with Crippen molar-refractivity contribution in [3.63, 3.8) is 0 Å². The zero-order valence-corrected chi connectivity index (χ0v) is 14.1. The van der Waals surface area contributed by atoms with Crippen LogP contribution in [0.3, 0.4) is 0 Å². The Kier molecular flexibility index (Phi) is 5.45. The molecule has 2 rings (SSSR count). The molecule has 0 heterocycles. The van der Waals surface area contributed by atoms with Crippen LogP contribution in [0, 0.1) is 6.92 Å². The maximum atomic E-state index is 6.20. The van der Waals surface area contributed by atoms with Crippen molar-refractivity contribution in [3.05, 3.63) is 63.6 Å². The van der Waals surface area contributed by atoms with Gasteiger partial charge in [0.15, 0.2) is 5.11 Å².